The van der Waals surface area contributed by atoms with E-state index in [0.29, 0.717) is 17.9 Å². The van der Waals surface area contributed by atoms with Gasteiger partial charge in [0.15, 0.2) is 0 Å². The van der Waals surface area contributed by atoms with Crippen molar-refractivity contribution in [2.24, 2.45) is 5.92 Å². The maximum Gasteiger partial charge on any atom is 0.309 e. The number of amides is 1. The van der Waals surface area contributed by atoms with Crippen LogP contribution in [0.5, 0.6) is 0 Å². The fourth-order valence-electron chi connectivity index (χ4n) is 3.26. The third-order valence-corrected chi connectivity index (χ3v) is 4.61. The number of aromatic nitrogens is 1. The van der Waals surface area contributed by atoms with Gasteiger partial charge in [0.1, 0.15) is 5.76 Å². The van der Waals surface area contributed by atoms with Crippen LogP contribution in [0.3, 0.4) is 0 Å². The Kier molecular flexibility index (Phi) is 4.02. The number of rotatable bonds is 2. The summed E-state index contributed by atoms with van der Waals surface area (Å²) in [6, 6.07) is 0.497. The van der Waals surface area contributed by atoms with Crippen LogP contribution in [-0.2, 0) is 13.0 Å². The van der Waals surface area contributed by atoms with Crippen molar-refractivity contribution in [3.05, 3.63) is 17.3 Å². The predicted molar refractivity (Wildman–Crippen MR) is 80.1 cm³/mol. The summed E-state index contributed by atoms with van der Waals surface area (Å²) in [5, 5.41) is 0. The number of nitrogens with zero attached hydrogens (tertiary/aromatic N) is 3. The SMILES string of the molecule is CC(C)N1CCc2oc(C(=O)N3CCC[C@H](C)C3)nc2C1. The fourth-order valence-corrected chi connectivity index (χ4v) is 3.26. The van der Waals surface area contributed by atoms with Crippen LogP contribution in [-0.4, -0.2) is 46.4 Å². The van der Waals surface area contributed by atoms with Crippen molar-refractivity contribution in [2.45, 2.75) is 52.6 Å². The van der Waals surface area contributed by atoms with Gasteiger partial charge in [-0.05, 0) is 32.6 Å². The molecule has 0 spiro atoms. The van der Waals surface area contributed by atoms with Gasteiger partial charge >= 0.3 is 5.91 Å². The first-order valence-electron chi connectivity index (χ1n) is 8.06. The topological polar surface area (TPSA) is 49.6 Å². The maximum atomic E-state index is 12.5. The van der Waals surface area contributed by atoms with Gasteiger partial charge in [-0.1, -0.05) is 6.92 Å². The number of hydrogen-bond acceptors (Lipinski definition) is 4. The highest BCUT2D eigenvalue weighted by atomic mass is 16.4. The van der Waals surface area contributed by atoms with Crippen molar-refractivity contribution in [1.29, 1.82) is 0 Å². The van der Waals surface area contributed by atoms with E-state index in [-0.39, 0.29) is 5.91 Å². The van der Waals surface area contributed by atoms with Gasteiger partial charge in [0, 0.05) is 38.6 Å². The van der Waals surface area contributed by atoms with Crippen LogP contribution in [0.4, 0.5) is 0 Å². The van der Waals surface area contributed by atoms with Crippen molar-refractivity contribution in [1.82, 2.24) is 14.8 Å². The number of piperidine rings is 1. The molecule has 0 bridgehead atoms. The number of hydrogen-bond donors (Lipinski definition) is 0. The van der Waals surface area contributed by atoms with E-state index in [1.54, 1.807) is 0 Å². The second-order valence-electron chi connectivity index (χ2n) is 6.70. The van der Waals surface area contributed by atoms with Crippen molar-refractivity contribution in [3.63, 3.8) is 0 Å². The third kappa shape index (κ3) is 2.98. The minimum Gasteiger partial charge on any atom is -0.437 e. The molecule has 3 heterocycles. The Labute approximate surface area is 126 Å². The normalized spacial score (nSPS) is 23.4. The molecule has 0 aromatic carbocycles. The van der Waals surface area contributed by atoms with Crippen LogP contribution < -0.4 is 0 Å². The van der Waals surface area contributed by atoms with E-state index in [1.807, 2.05) is 4.90 Å². The van der Waals surface area contributed by atoms with Crippen LogP contribution in [0.25, 0.3) is 0 Å². The Morgan fingerprint density at radius 1 is 1.38 bits per heavy atom. The zero-order valence-electron chi connectivity index (χ0n) is 13.3. The van der Waals surface area contributed by atoms with Gasteiger partial charge in [0.05, 0.1) is 5.69 Å². The number of likely N-dealkylation sites (tertiary alicyclic amines) is 1. The molecule has 5 heteroatoms. The maximum absolute atomic E-state index is 12.5. The molecule has 1 atom stereocenters. The number of carbonyl (C=O) groups excluding carboxylic acids is 1. The zero-order chi connectivity index (χ0) is 15.0. The molecule has 1 aromatic rings. The van der Waals surface area contributed by atoms with E-state index >= 15 is 0 Å². The lowest BCUT2D eigenvalue weighted by Gasteiger charge is -2.29. The van der Waals surface area contributed by atoms with Crippen molar-refractivity contribution in [3.8, 4) is 0 Å². The minimum atomic E-state index is -0.0351. The fraction of sp³-hybridized carbons (Fsp3) is 0.750. The predicted octanol–water partition coefficient (Wildman–Crippen LogP) is 2.31. The second kappa shape index (κ2) is 5.79. The Hall–Kier alpha value is -1.36. The van der Waals surface area contributed by atoms with Crippen molar-refractivity contribution >= 4 is 5.91 Å². The second-order valence-corrected chi connectivity index (χ2v) is 6.70. The van der Waals surface area contributed by atoms with Crippen LogP contribution >= 0.6 is 0 Å². The zero-order valence-corrected chi connectivity index (χ0v) is 13.3. The molecule has 1 saturated heterocycles. The monoisotopic (exact) mass is 291 g/mol. The van der Waals surface area contributed by atoms with E-state index in [1.165, 1.54) is 6.42 Å². The molecule has 0 saturated carbocycles. The first kappa shape index (κ1) is 14.6. The third-order valence-electron chi connectivity index (χ3n) is 4.61. The van der Waals surface area contributed by atoms with Crippen LogP contribution in [0.15, 0.2) is 4.42 Å². The molecule has 1 amide bonds. The smallest absolute Gasteiger partial charge is 0.309 e. The molecular weight excluding hydrogens is 266 g/mol. The average molecular weight is 291 g/mol. The lowest BCUT2D eigenvalue weighted by atomic mass is 10.0. The molecule has 3 rings (SSSR count). The van der Waals surface area contributed by atoms with Gasteiger partial charge in [-0.15, -0.1) is 0 Å². The van der Waals surface area contributed by atoms with Crippen molar-refractivity contribution in [2.75, 3.05) is 19.6 Å². The molecule has 21 heavy (non-hydrogen) atoms. The van der Waals surface area contributed by atoms with E-state index in [0.717, 1.165) is 50.5 Å². The number of fused-ring (bicyclic) bond motifs is 1. The Morgan fingerprint density at radius 2 is 2.19 bits per heavy atom. The summed E-state index contributed by atoms with van der Waals surface area (Å²) in [7, 11) is 0. The molecule has 5 nitrogen and oxygen atoms in total. The Morgan fingerprint density at radius 3 is 2.90 bits per heavy atom. The van der Waals surface area contributed by atoms with Gasteiger partial charge in [0.25, 0.3) is 5.89 Å². The quantitative estimate of drug-likeness (QED) is 0.839. The Bertz CT molecular complexity index is 524. The minimum absolute atomic E-state index is 0.0351. The van der Waals surface area contributed by atoms with Crippen LogP contribution in [0, 0.1) is 5.92 Å². The lowest BCUT2D eigenvalue weighted by molar-refractivity contribution is 0.0640. The number of carbonyl (C=O) groups is 1. The molecule has 0 radical (unpaired) electrons. The van der Waals surface area contributed by atoms with E-state index < -0.39 is 0 Å². The standard InChI is InChI=1S/C16H25N3O2/c1-11(2)18-8-6-14-13(10-18)17-15(21-14)16(20)19-7-4-5-12(3)9-19/h11-12H,4-10H2,1-3H3/t12-/m0/s1. The largest absolute Gasteiger partial charge is 0.437 e. The lowest BCUT2D eigenvalue weighted by Crippen LogP contribution is -2.39. The van der Waals surface area contributed by atoms with E-state index in [4.69, 9.17) is 4.42 Å². The molecule has 0 unspecified atom stereocenters. The summed E-state index contributed by atoms with van der Waals surface area (Å²) < 4.78 is 5.76. The first-order chi connectivity index (χ1) is 10.0. The van der Waals surface area contributed by atoms with E-state index in [2.05, 4.69) is 30.7 Å². The molecule has 1 aromatic heterocycles. The highest BCUT2D eigenvalue weighted by Gasteiger charge is 2.29. The summed E-state index contributed by atoms with van der Waals surface area (Å²) in [6.07, 6.45) is 3.13. The molecule has 116 valence electrons. The van der Waals surface area contributed by atoms with Gasteiger partial charge < -0.3 is 9.32 Å². The molecule has 2 aliphatic rings. The summed E-state index contributed by atoms with van der Waals surface area (Å²) in [4.78, 5) is 21.3. The Balaban J connectivity index is 1.74. The van der Waals surface area contributed by atoms with Crippen LogP contribution in [0.1, 0.15) is 55.8 Å². The highest BCUT2D eigenvalue weighted by molar-refractivity contribution is 5.89. The van der Waals surface area contributed by atoms with Gasteiger partial charge in [-0.2, -0.15) is 0 Å². The van der Waals surface area contributed by atoms with Crippen molar-refractivity contribution < 1.29 is 9.21 Å². The molecule has 2 aliphatic heterocycles. The summed E-state index contributed by atoms with van der Waals surface area (Å²) in [6.45, 7) is 9.99. The van der Waals surface area contributed by atoms with Crippen LogP contribution in [0.2, 0.25) is 0 Å². The van der Waals surface area contributed by atoms with E-state index in [9.17, 15) is 4.79 Å². The number of oxazole rings is 1. The summed E-state index contributed by atoms with van der Waals surface area (Å²) >= 11 is 0. The van der Waals surface area contributed by atoms with Gasteiger partial charge in [-0.25, -0.2) is 4.98 Å². The molecule has 1 fully saturated rings. The molecule has 0 N–H and O–H groups in total. The van der Waals surface area contributed by atoms with Gasteiger partial charge in [-0.3, -0.25) is 9.69 Å². The summed E-state index contributed by atoms with van der Waals surface area (Å²) in [5.74, 6) is 1.73. The average Bonchev–Trinajstić information content (AvgIpc) is 2.89. The van der Waals surface area contributed by atoms with Gasteiger partial charge in [0.2, 0.25) is 0 Å². The molecular formula is C16H25N3O2. The summed E-state index contributed by atoms with van der Waals surface area (Å²) in [5.41, 5.74) is 0.948. The molecule has 0 aliphatic carbocycles. The highest BCUT2D eigenvalue weighted by Crippen LogP contribution is 2.23. The first-order valence-corrected chi connectivity index (χ1v) is 8.06.